The van der Waals surface area contributed by atoms with Gasteiger partial charge in [0.25, 0.3) is 0 Å². The van der Waals surface area contributed by atoms with Crippen LogP contribution in [0.2, 0.25) is 0 Å². The molecule has 1 saturated carbocycles. The lowest BCUT2D eigenvalue weighted by Crippen LogP contribution is -2.44. The van der Waals surface area contributed by atoms with Gasteiger partial charge in [-0.25, -0.2) is 9.59 Å². The number of amides is 4. The summed E-state index contributed by atoms with van der Waals surface area (Å²) in [5, 5.41) is 9.25. The lowest BCUT2D eigenvalue weighted by atomic mass is 9.97. The van der Waals surface area contributed by atoms with Gasteiger partial charge in [0.15, 0.2) is 0 Å². The maximum atomic E-state index is 12.6. The second-order valence-corrected chi connectivity index (χ2v) is 8.58. The van der Waals surface area contributed by atoms with E-state index in [9.17, 15) is 9.59 Å². The first kappa shape index (κ1) is 21.5. The maximum Gasteiger partial charge on any atom is 0.317 e. The summed E-state index contributed by atoms with van der Waals surface area (Å²) in [4.78, 5) is 26.7. The Balaban J connectivity index is 1.35. The Morgan fingerprint density at radius 3 is 2.45 bits per heavy atom. The Labute approximate surface area is 174 Å². The van der Waals surface area contributed by atoms with Crippen molar-refractivity contribution in [3.05, 3.63) is 35.9 Å². The number of rotatable bonds is 5. The zero-order valence-electron chi connectivity index (χ0n) is 17.7. The van der Waals surface area contributed by atoms with Gasteiger partial charge in [-0.05, 0) is 37.7 Å². The predicted octanol–water partition coefficient (Wildman–Crippen LogP) is 4.19. The molecule has 1 aliphatic carbocycles. The molecular weight excluding hydrogens is 364 g/mol. The third kappa shape index (κ3) is 6.94. The molecule has 6 heteroatoms. The summed E-state index contributed by atoms with van der Waals surface area (Å²) >= 11 is 0. The van der Waals surface area contributed by atoms with Crippen LogP contribution in [0.3, 0.4) is 0 Å². The number of carbonyl (C=O) groups excluding carboxylic acids is 2. The molecule has 0 bridgehead atoms. The van der Waals surface area contributed by atoms with Crippen molar-refractivity contribution >= 4 is 12.1 Å². The van der Waals surface area contributed by atoms with Gasteiger partial charge in [0.2, 0.25) is 0 Å². The highest BCUT2D eigenvalue weighted by molar-refractivity contribution is 5.75. The average Bonchev–Trinajstić information content (AvgIpc) is 3.18. The molecule has 0 spiro atoms. The lowest BCUT2D eigenvalue weighted by Gasteiger charge is -2.22. The van der Waals surface area contributed by atoms with Crippen LogP contribution in [0.1, 0.15) is 69.9 Å². The topological polar surface area (TPSA) is 73.5 Å². The largest absolute Gasteiger partial charge is 0.338 e. The monoisotopic (exact) mass is 400 g/mol. The zero-order valence-corrected chi connectivity index (χ0v) is 17.7. The summed E-state index contributed by atoms with van der Waals surface area (Å²) in [7, 11) is 0. The Hall–Kier alpha value is -2.24. The van der Waals surface area contributed by atoms with Crippen LogP contribution < -0.4 is 16.0 Å². The van der Waals surface area contributed by atoms with Crippen molar-refractivity contribution in [1.82, 2.24) is 20.9 Å². The smallest absolute Gasteiger partial charge is 0.317 e. The molecule has 2 fully saturated rings. The standard InChI is InChI=1S/C23H36N4O2/c1-18(20-10-6-5-7-11-20)25-23(29)27-15-14-19(17-27)16-24-22(28)26-21-12-8-3-2-4-9-13-21/h5-7,10-11,18-19,21H,2-4,8-9,12-17H2,1H3,(H,25,29)(H2,24,26,28). The van der Waals surface area contributed by atoms with E-state index in [4.69, 9.17) is 0 Å². The van der Waals surface area contributed by atoms with Crippen molar-refractivity contribution in [3.63, 3.8) is 0 Å². The van der Waals surface area contributed by atoms with Crippen molar-refractivity contribution in [1.29, 1.82) is 0 Å². The van der Waals surface area contributed by atoms with Crippen molar-refractivity contribution < 1.29 is 9.59 Å². The minimum Gasteiger partial charge on any atom is -0.338 e. The first-order chi connectivity index (χ1) is 14.1. The Morgan fingerprint density at radius 2 is 1.72 bits per heavy atom. The number of nitrogens with one attached hydrogen (secondary N) is 3. The van der Waals surface area contributed by atoms with Gasteiger partial charge in [-0.1, -0.05) is 62.4 Å². The molecule has 1 heterocycles. The number of urea groups is 2. The van der Waals surface area contributed by atoms with Crippen LogP contribution in [-0.4, -0.2) is 42.6 Å². The van der Waals surface area contributed by atoms with E-state index in [1.807, 2.05) is 42.2 Å². The van der Waals surface area contributed by atoms with Gasteiger partial charge >= 0.3 is 12.1 Å². The highest BCUT2D eigenvalue weighted by Gasteiger charge is 2.27. The summed E-state index contributed by atoms with van der Waals surface area (Å²) < 4.78 is 0. The molecule has 1 aromatic carbocycles. The first-order valence-corrected chi connectivity index (χ1v) is 11.3. The second kappa shape index (κ2) is 11.1. The van der Waals surface area contributed by atoms with E-state index in [1.165, 1.54) is 32.1 Å². The Bertz CT molecular complexity index is 644. The van der Waals surface area contributed by atoms with Crippen LogP contribution >= 0.6 is 0 Å². The predicted molar refractivity (Wildman–Crippen MR) is 116 cm³/mol. The molecule has 3 rings (SSSR count). The van der Waals surface area contributed by atoms with Gasteiger partial charge in [-0.3, -0.25) is 0 Å². The fourth-order valence-corrected chi connectivity index (χ4v) is 4.36. The molecule has 1 aromatic rings. The van der Waals surface area contributed by atoms with Gasteiger partial charge in [0.05, 0.1) is 6.04 Å². The normalized spacial score (nSPS) is 21.7. The van der Waals surface area contributed by atoms with E-state index in [0.717, 1.165) is 31.4 Å². The zero-order chi connectivity index (χ0) is 20.5. The van der Waals surface area contributed by atoms with Gasteiger partial charge in [0.1, 0.15) is 0 Å². The van der Waals surface area contributed by atoms with Gasteiger partial charge < -0.3 is 20.9 Å². The van der Waals surface area contributed by atoms with E-state index in [0.29, 0.717) is 25.0 Å². The molecule has 3 N–H and O–H groups in total. The second-order valence-electron chi connectivity index (χ2n) is 8.58. The molecule has 4 amide bonds. The molecule has 160 valence electrons. The third-order valence-electron chi connectivity index (χ3n) is 6.20. The lowest BCUT2D eigenvalue weighted by molar-refractivity contribution is 0.203. The molecule has 0 aromatic heterocycles. The summed E-state index contributed by atoms with van der Waals surface area (Å²) in [6, 6.07) is 10.2. The van der Waals surface area contributed by atoms with Crippen molar-refractivity contribution in [2.24, 2.45) is 5.92 Å². The molecular formula is C23H36N4O2. The minimum atomic E-state index is -0.0591. The fraction of sp³-hybridized carbons (Fsp3) is 0.652. The Morgan fingerprint density at radius 1 is 1.03 bits per heavy atom. The molecule has 1 saturated heterocycles. The number of nitrogens with zero attached hydrogens (tertiary/aromatic N) is 1. The molecule has 1 aliphatic heterocycles. The van der Waals surface area contributed by atoms with Crippen LogP contribution in [0, 0.1) is 5.92 Å². The van der Waals surface area contributed by atoms with E-state index >= 15 is 0 Å². The van der Waals surface area contributed by atoms with Crippen LogP contribution in [0.25, 0.3) is 0 Å². The third-order valence-corrected chi connectivity index (χ3v) is 6.20. The van der Waals surface area contributed by atoms with Crippen molar-refractivity contribution in [2.45, 2.75) is 70.4 Å². The van der Waals surface area contributed by atoms with Crippen molar-refractivity contribution in [3.8, 4) is 0 Å². The Kier molecular flexibility index (Phi) is 8.20. The molecule has 2 unspecified atom stereocenters. The van der Waals surface area contributed by atoms with Gasteiger partial charge in [-0.2, -0.15) is 0 Å². The average molecular weight is 401 g/mol. The number of hydrogen-bond donors (Lipinski definition) is 3. The highest BCUT2D eigenvalue weighted by Crippen LogP contribution is 2.19. The summed E-state index contributed by atoms with van der Waals surface area (Å²) in [5.74, 6) is 0.316. The van der Waals surface area contributed by atoms with E-state index < -0.39 is 0 Å². The minimum absolute atomic E-state index is 0.0181. The summed E-state index contributed by atoms with van der Waals surface area (Å²) in [5.41, 5.74) is 1.10. The molecule has 6 nitrogen and oxygen atoms in total. The van der Waals surface area contributed by atoms with E-state index in [1.54, 1.807) is 0 Å². The maximum absolute atomic E-state index is 12.6. The summed E-state index contributed by atoms with van der Waals surface area (Å²) in [6.45, 7) is 4.06. The molecule has 29 heavy (non-hydrogen) atoms. The van der Waals surface area contributed by atoms with Crippen LogP contribution in [0.5, 0.6) is 0 Å². The molecule has 0 radical (unpaired) electrons. The quantitative estimate of drug-likeness (QED) is 0.693. The van der Waals surface area contributed by atoms with E-state index in [2.05, 4.69) is 16.0 Å². The van der Waals surface area contributed by atoms with E-state index in [-0.39, 0.29) is 18.1 Å². The van der Waals surface area contributed by atoms with Crippen molar-refractivity contribution in [2.75, 3.05) is 19.6 Å². The van der Waals surface area contributed by atoms with Gasteiger partial charge in [-0.15, -0.1) is 0 Å². The number of hydrogen-bond acceptors (Lipinski definition) is 2. The van der Waals surface area contributed by atoms with Gasteiger partial charge in [0, 0.05) is 25.7 Å². The summed E-state index contributed by atoms with van der Waals surface area (Å²) in [6.07, 6.45) is 9.41. The van der Waals surface area contributed by atoms with Crippen LogP contribution in [0.15, 0.2) is 30.3 Å². The number of likely N-dealkylation sites (tertiary alicyclic amines) is 1. The number of benzene rings is 1. The SMILES string of the molecule is CC(NC(=O)N1CCC(CNC(=O)NC2CCCCCCC2)C1)c1ccccc1. The highest BCUT2D eigenvalue weighted by atomic mass is 16.2. The molecule has 2 atom stereocenters. The van der Waals surface area contributed by atoms with Crippen LogP contribution in [-0.2, 0) is 0 Å². The first-order valence-electron chi connectivity index (χ1n) is 11.3. The molecule has 2 aliphatic rings. The number of carbonyl (C=O) groups is 2. The van der Waals surface area contributed by atoms with Crippen LogP contribution in [0.4, 0.5) is 9.59 Å². The fourth-order valence-electron chi connectivity index (χ4n) is 4.36.